The van der Waals surface area contributed by atoms with Gasteiger partial charge in [0.05, 0.1) is 23.9 Å². The molecule has 29 heavy (non-hydrogen) atoms. The lowest BCUT2D eigenvalue weighted by atomic mass is 9.89. The summed E-state index contributed by atoms with van der Waals surface area (Å²) < 4.78 is 1.81. The van der Waals surface area contributed by atoms with Gasteiger partial charge in [0.1, 0.15) is 0 Å². The Morgan fingerprint density at radius 3 is 2.69 bits per heavy atom. The Kier molecular flexibility index (Phi) is 6.20. The van der Waals surface area contributed by atoms with Crippen LogP contribution in [0, 0.1) is 0 Å². The van der Waals surface area contributed by atoms with Crippen LogP contribution in [0.15, 0.2) is 30.5 Å². The second-order valence-corrected chi connectivity index (χ2v) is 8.78. The number of hydrogen-bond acceptors (Lipinski definition) is 4. The fourth-order valence-electron chi connectivity index (χ4n) is 4.21. The molecule has 156 valence electrons. The number of aliphatic hydroxyl groups is 1. The highest BCUT2D eigenvalue weighted by Crippen LogP contribution is 2.41. The molecule has 0 unspecified atom stereocenters. The minimum Gasteiger partial charge on any atom is -0.389 e. The number of carbonyl (C=O) groups is 1. The largest absolute Gasteiger partial charge is 0.389 e. The smallest absolute Gasteiger partial charge is 0.223 e. The third kappa shape index (κ3) is 4.64. The van der Waals surface area contributed by atoms with E-state index in [1.165, 1.54) is 12.8 Å². The maximum atomic E-state index is 13.0. The normalized spacial score (nSPS) is 24.7. The molecule has 4 rings (SSSR count). The van der Waals surface area contributed by atoms with Crippen molar-refractivity contribution in [1.82, 2.24) is 19.9 Å². The monoisotopic (exact) mass is 416 g/mol. The van der Waals surface area contributed by atoms with Gasteiger partial charge in [-0.3, -0.25) is 4.79 Å². The molecule has 1 aromatic heterocycles. The van der Waals surface area contributed by atoms with E-state index in [4.69, 9.17) is 11.6 Å². The number of halogens is 1. The molecular formula is C22H29ClN4O2. The highest BCUT2D eigenvalue weighted by Gasteiger charge is 2.39. The number of amides is 1. The predicted octanol–water partition coefficient (Wildman–Crippen LogP) is 4.26. The van der Waals surface area contributed by atoms with Crippen LogP contribution in [0.2, 0.25) is 5.02 Å². The number of aliphatic hydroxyl groups excluding tert-OH is 1. The quantitative estimate of drug-likeness (QED) is 0.684. The zero-order valence-corrected chi connectivity index (χ0v) is 17.6. The Bertz CT molecular complexity index is 834. The fraction of sp³-hybridized carbons (Fsp3) is 0.591. The lowest BCUT2D eigenvalue weighted by Crippen LogP contribution is -2.49. The summed E-state index contributed by atoms with van der Waals surface area (Å²) in [6.45, 7) is 2.44. The first kappa shape index (κ1) is 20.4. The maximum absolute atomic E-state index is 13.0. The number of unbranched alkanes of at least 4 members (excludes halogenated alkanes) is 2. The van der Waals surface area contributed by atoms with Crippen molar-refractivity contribution < 1.29 is 9.90 Å². The molecule has 7 heteroatoms. The lowest BCUT2D eigenvalue weighted by molar-refractivity contribution is -0.140. The lowest BCUT2D eigenvalue weighted by Gasteiger charge is -2.42. The molecule has 1 aliphatic heterocycles. The standard InChI is InChI=1S/C22H29ClN4O2/c1-2-3-4-5-22(29)26-14-21(28)20(27-13-18(24-25-27)15-6-7-15)12-19(26)16-8-10-17(23)11-9-16/h8-11,13,15,19-21,28H,2-7,12,14H2,1H3/t19-,20-,21-/m0/s1. The molecule has 1 aromatic carbocycles. The van der Waals surface area contributed by atoms with Crippen LogP contribution in [0.1, 0.15) is 81.1 Å². The van der Waals surface area contributed by atoms with Crippen molar-refractivity contribution in [3.05, 3.63) is 46.7 Å². The highest BCUT2D eigenvalue weighted by atomic mass is 35.5. The zero-order chi connectivity index (χ0) is 20.4. The van der Waals surface area contributed by atoms with Crippen LogP contribution < -0.4 is 0 Å². The number of β-amino-alcohol motifs (C(OH)–C–C–N with tert-alkyl or cyclic N) is 1. The second-order valence-electron chi connectivity index (χ2n) is 8.34. The third-order valence-corrected chi connectivity index (χ3v) is 6.35. The molecule has 3 atom stereocenters. The molecule has 2 aromatic rings. The van der Waals surface area contributed by atoms with Gasteiger partial charge in [-0.25, -0.2) is 4.68 Å². The van der Waals surface area contributed by atoms with Gasteiger partial charge >= 0.3 is 0 Å². The number of nitrogens with zero attached hydrogens (tertiary/aromatic N) is 4. The minimum absolute atomic E-state index is 0.105. The van der Waals surface area contributed by atoms with Crippen molar-refractivity contribution in [3.63, 3.8) is 0 Å². The van der Waals surface area contributed by atoms with E-state index in [1.54, 1.807) is 4.68 Å². The first-order chi connectivity index (χ1) is 14.1. The molecule has 6 nitrogen and oxygen atoms in total. The summed E-state index contributed by atoms with van der Waals surface area (Å²) >= 11 is 6.08. The molecule has 1 N–H and O–H groups in total. The van der Waals surface area contributed by atoms with Crippen LogP contribution >= 0.6 is 11.6 Å². The van der Waals surface area contributed by atoms with E-state index in [0.717, 1.165) is 30.5 Å². The van der Waals surface area contributed by atoms with Gasteiger partial charge < -0.3 is 10.0 Å². The Morgan fingerprint density at radius 1 is 1.24 bits per heavy atom. The molecule has 2 fully saturated rings. The van der Waals surface area contributed by atoms with Crippen molar-refractivity contribution >= 4 is 17.5 Å². The molecule has 0 spiro atoms. The van der Waals surface area contributed by atoms with E-state index in [9.17, 15) is 9.90 Å². The Morgan fingerprint density at radius 2 is 2.00 bits per heavy atom. The summed E-state index contributed by atoms with van der Waals surface area (Å²) in [7, 11) is 0. The van der Waals surface area contributed by atoms with Crippen molar-refractivity contribution in [2.45, 2.75) is 76.0 Å². The average molecular weight is 417 g/mol. The summed E-state index contributed by atoms with van der Waals surface area (Å²) in [6, 6.07) is 7.36. The topological polar surface area (TPSA) is 71.2 Å². The van der Waals surface area contributed by atoms with E-state index in [0.29, 0.717) is 30.3 Å². The number of carbonyl (C=O) groups excluding carboxylic acids is 1. The van der Waals surface area contributed by atoms with Gasteiger partial charge in [0.15, 0.2) is 0 Å². The SMILES string of the molecule is CCCCCC(=O)N1C[C@H](O)[C@@H](n2cc(C3CC3)nn2)C[C@H]1c1ccc(Cl)cc1. The number of aromatic nitrogens is 3. The average Bonchev–Trinajstić information content (AvgIpc) is 3.46. The van der Waals surface area contributed by atoms with Crippen LogP contribution in [0.5, 0.6) is 0 Å². The number of rotatable bonds is 7. The minimum atomic E-state index is -0.664. The van der Waals surface area contributed by atoms with Crippen molar-refractivity contribution in [3.8, 4) is 0 Å². The first-order valence-corrected chi connectivity index (χ1v) is 11.1. The van der Waals surface area contributed by atoms with Crippen LogP contribution in [-0.2, 0) is 4.79 Å². The van der Waals surface area contributed by atoms with Gasteiger partial charge in [-0.05, 0) is 43.4 Å². The van der Waals surface area contributed by atoms with Gasteiger partial charge in [-0.15, -0.1) is 5.10 Å². The Balaban J connectivity index is 1.57. The van der Waals surface area contributed by atoms with Crippen molar-refractivity contribution in [2.24, 2.45) is 0 Å². The highest BCUT2D eigenvalue weighted by molar-refractivity contribution is 6.30. The number of hydrogen-bond donors (Lipinski definition) is 1. The van der Waals surface area contributed by atoms with Crippen LogP contribution in [0.4, 0.5) is 0 Å². The first-order valence-electron chi connectivity index (χ1n) is 10.7. The van der Waals surface area contributed by atoms with E-state index in [1.807, 2.05) is 35.4 Å². The molecular weight excluding hydrogens is 388 g/mol. The summed E-state index contributed by atoms with van der Waals surface area (Å²) in [5.41, 5.74) is 2.05. The molecule has 1 saturated carbocycles. The molecule has 1 saturated heterocycles. The van der Waals surface area contributed by atoms with Gasteiger partial charge in [0, 0.05) is 30.1 Å². The van der Waals surface area contributed by atoms with E-state index in [2.05, 4.69) is 17.2 Å². The molecule has 2 aliphatic rings. The molecule has 2 heterocycles. The van der Waals surface area contributed by atoms with Gasteiger partial charge in [-0.1, -0.05) is 48.7 Å². The predicted molar refractivity (Wildman–Crippen MR) is 112 cm³/mol. The molecule has 1 amide bonds. The summed E-state index contributed by atoms with van der Waals surface area (Å²) in [4.78, 5) is 14.8. The van der Waals surface area contributed by atoms with Crippen molar-refractivity contribution in [1.29, 1.82) is 0 Å². The number of benzene rings is 1. The third-order valence-electron chi connectivity index (χ3n) is 6.10. The van der Waals surface area contributed by atoms with E-state index in [-0.39, 0.29) is 18.0 Å². The van der Waals surface area contributed by atoms with E-state index >= 15 is 0 Å². The Hall–Kier alpha value is -1.92. The van der Waals surface area contributed by atoms with E-state index < -0.39 is 6.10 Å². The number of piperidine rings is 1. The van der Waals surface area contributed by atoms with Crippen LogP contribution in [-0.4, -0.2) is 43.6 Å². The fourth-order valence-corrected chi connectivity index (χ4v) is 4.34. The maximum Gasteiger partial charge on any atom is 0.223 e. The second kappa shape index (κ2) is 8.84. The van der Waals surface area contributed by atoms with Gasteiger partial charge in [0.2, 0.25) is 5.91 Å². The molecule has 1 aliphatic carbocycles. The summed E-state index contributed by atoms with van der Waals surface area (Å²) in [5.74, 6) is 0.626. The number of likely N-dealkylation sites (tertiary alicyclic amines) is 1. The van der Waals surface area contributed by atoms with Crippen LogP contribution in [0.3, 0.4) is 0 Å². The Labute approximate surface area is 176 Å². The summed E-state index contributed by atoms with van der Waals surface area (Å²) in [5, 5.41) is 20.2. The van der Waals surface area contributed by atoms with Crippen LogP contribution in [0.25, 0.3) is 0 Å². The summed E-state index contributed by atoms with van der Waals surface area (Å²) in [6.07, 6.45) is 7.77. The van der Waals surface area contributed by atoms with Gasteiger partial charge in [0.25, 0.3) is 0 Å². The van der Waals surface area contributed by atoms with Gasteiger partial charge in [-0.2, -0.15) is 0 Å². The molecule has 0 bridgehead atoms. The van der Waals surface area contributed by atoms with Crippen molar-refractivity contribution in [2.75, 3.05) is 6.54 Å². The zero-order valence-electron chi connectivity index (χ0n) is 16.9. The molecule has 0 radical (unpaired) electrons.